The molecule has 4 unspecified atom stereocenters. The summed E-state index contributed by atoms with van der Waals surface area (Å²) in [4.78, 5) is 72.5. The van der Waals surface area contributed by atoms with E-state index in [-0.39, 0.29) is 53.7 Å². The molecule has 2 aromatic heterocycles. The summed E-state index contributed by atoms with van der Waals surface area (Å²) >= 11 is 0. The van der Waals surface area contributed by atoms with Crippen molar-refractivity contribution in [3.8, 4) is 22.3 Å². The van der Waals surface area contributed by atoms with Crippen LogP contribution in [-0.2, 0) is 19.1 Å². The molecule has 0 spiro atoms. The summed E-state index contributed by atoms with van der Waals surface area (Å²) in [6.07, 6.45) is 2.05. The summed E-state index contributed by atoms with van der Waals surface area (Å²) in [6.45, 7) is 10.0. The molecular weight excluding hydrogens is 737 g/mol. The van der Waals surface area contributed by atoms with Gasteiger partial charge in [-0.1, -0.05) is 64.1 Å². The Morgan fingerprint density at radius 1 is 0.724 bits per heavy atom. The van der Waals surface area contributed by atoms with Crippen molar-refractivity contribution in [1.29, 1.82) is 0 Å². The third-order valence-corrected chi connectivity index (χ3v) is 12.9. The first kappa shape index (κ1) is 38.9. The maximum absolute atomic E-state index is 13.8. The number of imidazole rings is 2. The fourth-order valence-corrected chi connectivity index (χ4v) is 9.43. The monoisotopic (exact) mass is 788 g/mol. The zero-order chi connectivity index (χ0) is 41.0. The highest BCUT2D eigenvalue weighted by Gasteiger charge is 2.51. The molecule has 14 nitrogen and oxygen atoms in total. The van der Waals surface area contributed by atoms with Crippen molar-refractivity contribution in [2.75, 3.05) is 14.2 Å². The van der Waals surface area contributed by atoms with E-state index in [0.29, 0.717) is 0 Å². The second-order valence-electron chi connectivity index (χ2n) is 16.6. The highest BCUT2D eigenvalue weighted by Crippen LogP contribution is 2.45. The minimum Gasteiger partial charge on any atom is -0.453 e. The third-order valence-electron chi connectivity index (χ3n) is 12.9. The van der Waals surface area contributed by atoms with Crippen molar-refractivity contribution < 1.29 is 28.7 Å². The Hall–Kier alpha value is -5.92. The SMILES string of the molecule is COC(=O)N[C@H](C(=O)N1C(C)CC[C@H]1c1nc2ccc(-c3ccc(-c4ccc5nc([C@@H]6CCC7C(C)C(C)[C@H](NC(=O)OC)C(=O)N76)[nH]c5c4)cc3)cc2[nH]1)C(C)C. The molecule has 0 radical (unpaired) electrons. The number of rotatable bonds is 8. The Kier molecular flexibility index (Phi) is 10.4. The number of amides is 4. The quantitative estimate of drug-likeness (QED) is 0.127. The molecule has 5 aromatic rings. The van der Waals surface area contributed by atoms with Crippen LogP contribution in [0.1, 0.15) is 84.0 Å². The van der Waals surface area contributed by atoms with Crippen LogP contribution in [0.15, 0.2) is 60.7 Å². The van der Waals surface area contributed by atoms with Crippen molar-refractivity contribution in [3.63, 3.8) is 0 Å². The van der Waals surface area contributed by atoms with Crippen LogP contribution in [0.3, 0.4) is 0 Å². The standard InChI is InChI=1S/C44H52N8O6/c1-22(2)37(49-43(55)57-6)41(53)51-23(3)8-17-35(51)39-45-30-15-13-28(20-32(30)47-39)26-9-11-27(12-10-26)29-14-16-31-33(21-29)48-40(46-31)36-19-18-34-24(4)25(5)38(42(54)52(34)36)50-44(56)58-7/h9-16,20-25,34-38H,8,17-19H2,1-7H3,(H,45,47)(H,46,48)(H,49,55)(H,50,56)/t23?,24?,25?,34?,35-,36-,37-,38-/m0/s1. The molecule has 3 aliphatic rings. The first-order valence-corrected chi connectivity index (χ1v) is 20.3. The normalized spacial score (nSPS) is 25.0. The fraction of sp³-hybridized carbons (Fsp3) is 0.455. The number of ether oxygens (including phenoxy) is 2. The number of alkyl carbamates (subject to hydrolysis) is 2. The van der Waals surface area contributed by atoms with Gasteiger partial charge in [-0.2, -0.15) is 0 Å². The van der Waals surface area contributed by atoms with Gasteiger partial charge < -0.3 is 39.9 Å². The summed E-state index contributed by atoms with van der Waals surface area (Å²) in [6, 6.07) is 19.0. The molecular formula is C44H52N8O6. The zero-order valence-corrected chi connectivity index (χ0v) is 34.0. The molecule has 3 saturated heterocycles. The number of aromatic amines is 2. The lowest BCUT2D eigenvalue weighted by molar-refractivity contribution is -0.145. The summed E-state index contributed by atoms with van der Waals surface area (Å²) < 4.78 is 9.63. The van der Waals surface area contributed by atoms with E-state index >= 15 is 0 Å². The Bertz CT molecular complexity index is 2370. The lowest BCUT2D eigenvalue weighted by Crippen LogP contribution is -2.61. The number of carbonyl (C=O) groups excluding carboxylic acids is 4. The Balaban J connectivity index is 0.993. The van der Waals surface area contributed by atoms with E-state index < -0.39 is 24.3 Å². The maximum atomic E-state index is 13.8. The maximum Gasteiger partial charge on any atom is 0.407 e. The molecule has 0 saturated carbocycles. The average molecular weight is 789 g/mol. The van der Waals surface area contributed by atoms with Gasteiger partial charge in [0.05, 0.1) is 48.4 Å². The minimum absolute atomic E-state index is 0.00369. The van der Waals surface area contributed by atoms with E-state index in [9.17, 15) is 19.2 Å². The third kappa shape index (κ3) is 6.92. The van der Waals surface area contributed by atoms with Gasteiger partial charge in [0.1, 0.15) is 23.7 Å². The van der Waals surface area contributed by atoms with E-state index in [1.807, 2.05) is 49.6 Å². The summed E-state index contributed by atoms with van der Waals surface area (Å²) in [5.41, 5.74) is 7.62. The van der Waals surface area contributed by atoms with Gasteiger partial charge in [0, 0.05) is 12.1 Å². The van der Waals surface area contributed by atoms with E-state index in [1.54, 1.807) is 0 Å². The molecule has 3 aliphatic heterocycles. The molecule has 3 fully saturated rings. The number of carbonyl (C=O) groups is 4. The van der Waals surface area contributed by atoms with Gasteiger partial charge in [0.25, 0.3) is 0 Å². The molecule has 0 bridgehead atoms. The van der Waals surface area contributed by atoms with Crippen LogP contribution in [0, 0.1) is 17.8 Å². The second kappa shape index (κ2) is 15.4. The minimum atomic E-state index is -0.708. The van der Waals surface area contributed by atoms with Gasteiger partial charge in [-0.05, 0) is 96.9 Å². The average Bonchev–Trinajstić information content (AvgIpc) is 4.04. The van der Waals surface area contributed by atoms with E-state index in [1.165, 1.54) is 14.2 Å². The number of hydrogen-bond acceptors (Lipinski definition) is 8. The molecule has 8 rings (SSSR count). The number of likely N-dealkylation sites (tertiary alicyclic amines) is 1. The van der Waals surface area contributed by atoms with Crippen molar-refractivity contribution in [1.82, 2.24) is 40.4 Å². The molecule has 3 aromatic carbocycles. The van der Waals surface area contributed by atoms with Crippen molar-refractivity contribution in [2.24, 2.45) is 17.8 Å². The Morgan fingerprint density at radius 3 is 1.81 bits per heavy atom. The van der Waals surface area contributed by atoms with E-state index in [0.717, 1.165) is 81.7 Å². The first-order valence-electron chi connectivity index (χ1n) is 20.3. The van der Waals surface area contributed by atoms with Crippen molar-refractivity contribution in [2.45, 2.75) is 96.6 Å². The number of nitrogens with zero attached hydrogens (tertiary/aromatic N) is 4. The molecule has 304 valence electrons. The summed E-state index contributed by atoms with van der Waals surface area (Å²) in [7, 11) is 2.60. The van der Waals surface area contributed by atoms with Crippen molar-refractivity contribution >= 4 is 46.1 Å². The molecule has 4 N–H and O–H groups in total. The van der Waals surface area contributed by atoms with Gasteiger partial charge in [-0.15, -0.1) is 0 Å². The number of benzene rings is 3. The van der Waals surface area contributed by atoms with Crippen LogP contribution in [-0.4, -0.2) is 92.1 Å². The van der Waals surface area contributed by atoms with Crippen LogP contribution < -0.4 is 10.6 Å². The van der Waals surface area contributed by atoms with Gasteiger partial charge in [-0.25, -0.2) is 19.6 Å². The van der Waals surface area contributed by atoms with E-state index in [2.05, 4.69) is 76.1 Å². The number of nitrogens with one attached hydrogen (secondary N) is 4. The highest BCUT2D eigenvalue weighted by atomic mass is 16.5. The second-order valence-corrected chi connectivity index (χ2v) is 16.6. The predicted octanol–water partition coefficient (Wildman–Crippen LogP) is 7.25. The van der Waals surface area contributed by atoms with Crippen LogP contribution in [0.5, 0.6) is 0 Å². The zero-order valence-electron chi connectivity index (χ0n) is 34.0. The van der Waals surface area contributed by atoms with Gasteiger partial charge in [-0.3, -0.25) is 9.59 Å². The van der Waals surface area contributed by atoms with Gasteiger partial charge in [0.15, 0.2) is 0 Å². The molecule has 5 heterocycles. The molecule has 58 heavy (non-hydrogen) atoms. The van der Waals surface area contributed by atoms with Gasteiger partial charge >= 0.3 is 12.2 Å². The summed E-state index contributed by atoms with van der Waals surface area (Å²) in [5.74, 6) is 1.32. The van der Waals surface area contributed by atoms with Crippen molar-refractivity contribution in [3.05, 3.63) is 72.3 Å². The molecule has 4 amide bonds. The Morgan fingerprint density at radius 2 is 1.26 bits per heavy atom. The highest BCUT2D eigenvalue weighted by molar-refractivity contribution is 5.89. The van der Waals surface area contributed by atoms with E-state index in [4.69, 9.17) is 19.4 Å². The van der Waals surface area contributed by atoms with Crippen LogP contribution in [0.25, 0.3) is 44.3 Å². The number of aromatic nitrogens is 4. The largest absolute Gasteiger partial charge is 0.453 e. The van der Waals surface area contributed by atoms with Crippen LogP contribution >= 0.6 is 0 Å². The molecule has 8 atom stereocenters. The number of hydrogen-bond donors (Lipinski definition) is 4. The predicted molar refractivity (Wildman–Crippen MR) is 219 cm³/mol. The summed E-state index contributed by atoms with van der Waals surface area (Å²) in [5, 5.41) is 5.50. The fourth-order valence-electron chi connectivity index (χ4n) is 9.43. The molecule has 0 aliphatic carbocycles. The number of piperidine rings is 1. The van der Waals surface area contributed by atoms with Crippen LogP contribution in [0.4, 0.5) is 9.59 Å². The molecule has 14 heteroatoms. The smallest absolute Gasteiger partial charge is 0.407 e. The first-order chi connectivity index (χ1) is 27.9. The number of methoxy groups -OCH3 is 2. The lowest BCUT2D eigenvalue weighted by atomic mass is 9.78. The number of H-pyrrole nitrogens is 2. The van der Waals surface area contributed by atoms with Gasteiger partial charge in [0.2, 0.25) is 11.8 Å². The Labute approximate surface area is 337 Å². The topological polar surface area (TPSA) is 175 Å². The lowest BCUT2D eigenvalue weighted by Gasteiger charge is -2.45. The number of fused-ring (bicyclic) bond motifs is 3. The van der Waals surface area contributed by atoms with Crippen LogP contribution in [0.2, 0.25) is 0 Å².